The second-order valence-electron chi connectivity index (χ2n) is 4.70. The van der Waals surface area contributed by atoms with Crippen molar-refractivity contribution in [2.45, 2.75) is 6.42 Å². The first kappa shape index (κ1) is 15.0. The Morgan fingerprint density at radius 2 is 1.81 bits per heavy atom. The maximum Gasteiger partial charge on any atom is 0.231 e. The molecule has 1 heterocycles. The van der Waals surface area contributed by atoms with Crippen LogP contribution >= 0.6 is 0 Å². The highest BCUT2D eigenvalue weighted by Gasteiger charge is 2.07. The maximum absolute atomic E-state index is 13.5. The second kappa shape index (κ2) is 6.83. The van der Waals surface area contributed by atoms with Crippen LogP contribution in [0.15, 0.2) is 24.3 Å². The summed E-state index contributed by atoms with van der Waals surface area (Å²) in [6.45, 7) is 0.543. The highest BCUT2D eigenvalue weighted by Crippen LogP contribution is 2.12. The van der Waals surface area contributed by atoms with Gasteiger partial charge in [0.2, 0.25) is 17.8 Å². The molecule has 0 spiro atoms. The number of hydrogen-bond acceptors (Lipinski definition) is 6. The number of nitrogens with zero attached hydrogens (tertiary/aromatic N) is 4. The molecule has 1 aromatic heterocycles. The van der Waals surface area contributed by atoms with E-state index in [1.807, 2.05) is 20.2 Å². The number of rotatable bonds is 6. The first-order chi connectivity index (χ1) is 10.1. The van der Waals surface area contributed by atoms with Gasteiger partial charge in [-0.25, -0.2) is 4.39 Å². The summed E-state index contributed by atoms with van der Waals surface area (Å²) < 4.78 is 13.5. The van der Waals surface area contributed by atoms with Gasteiger partial charge in [-0.2, -0.15) is 15.0 Å². The van der Waals surface area contributed by atoms with Gasteiger partial charge < -0.3 is 15.5 Å². The Morgan fingerprint density at radius 1 is 1.10 bits per heavy atom. The van der Waals surface area contributed by atoms with Gasteiger partial charge in [0.25, 0.3) is 0 Å². The Balaban J connectivity index is 2.03. The van der Waals surface area contributed by atoms with Gasteiger partial charge >= 0.3 is 0 Å². The molecule has 2 N–H and O–H groups in total. The minimum absolute atomic E-state index is 0.195. The molecule has 0 fully saturated rings. The van der Waals surface area contributed by atoms with E-state index in [-0.39, 0.29) is 5.82 Å². The largest absolute Gasteiger partial charge is 0.357 e. The third-order valence-electron chi connectivity index (χ3n) is 2.88. The van der Waals surface area contributed by atoms with Crippen molar-refractivity contribution in [2.24, 2.45) is 0 Å². The zero-order valence-electron chi connectivity index (χ0n) is 12.4. The van der Waals surface area contributed by atoms with Crippen molar-refractivity contribution < 1.29 is 4.39 Å². The number of hydrogen-bond donors (Lipinski definition) is 2. The third-order valence-corrected chi connectivity index (χ3v) is 2.88. The number of halogens is 1. The van der Waals surface area contributed by atoms with Gasteiger partial charge in [0.1, 0.15) is 5.82 Å². The van der Waals surface area contributed by atoms with Crippen LogP contribution in [0.25, 0.3) is 0 Å². The van der Waals surface area contributed by atoms with Gasteiger partial charge in [-0.05, 0) is 18.1 Å². The van der Waals surface area contributed by atoms with Crippen LogP contribution in [0, 0.1) is 5.82 Å². The van der Waals surface area contributed by atoms with E-state index in [9.17, 15) is 4.39 Å². The van der Waals surface area contributed by atoms with E-state index in [0.717, 1.165) is 0 Å². The molecule has 6 nitrogen and oxygen atoms in total. The lowest BCUT2D eigenvalue weighted by atomic mass is 10.1. The Bertz CT molecular complexity index is 602. The highest BCUT2D eigenvalue weighted by atomic mass is 19.1. The first-order valence-electron chi connectivity index (χ1n) is 6.68. The molecular weight excluding hydrogens is 271 g/mol. The molecule has 2 aromatic rings. The summed E-state index contributed by atoms with van der Waals surface area (Å²) >= 11 is 0. The Hall–Kier alpha value is -2.44. The van der Waals surface area contributed by atoms with Crippen molar-refractivity contribution >= 4 is 17.8 Å². The Labute approximate surface area is 123 Å². The van der Waals surface area contributed by atoms with Crippen LogP contribution < -0.4 is 15.5 Å². The average Bonchev–Trinajstić information content (AvgIpc) is 2.49. The minimum atomic E-state index is -0.195. The zero-order chi connectivity index (χ0) is 15.2. The number of nitrogens with one attached hydrogen (secondary N) is 2. The minimum Gasteiger partial charge on any atom is -0.357 e. The summed E-state index contributed by atoms with van der Waals surface area (Å²) in [6.07, 6.45) is 0.560. The molecule has 0 aliphatic rings. The Morgan fingerprint density at radius 3 is 2.48 bits per heavy atom. The summed E-state index contributed by atoms with van der Waals surface area (Å²) in [5.41, 5.74) is 0.667. The van der Waals surface area contributed by atoms with E-state index < -0.39 is 0 Å². The van der Waals surface area contributed by atoms with E-state index in [2.05, 4.69) is 25.6 Å². The standard InChI is InChI=1S/C14H19FN6/c1-16-12-18-13(20-14(19-12)21(2)3)17-9-8-10-6-4-5-7-11(10)15/h4-7H,8-9H2,1-3H3,(H2,16,17,18,19,20). The molecule has 0 aliphatic carbocycles. The SMILES string of the molecule is CNc1nc(NCCc2ccccc2F)nc(N(C)C)n1. The van der Waals surface area contributed by atoms with Crippen LogP contribution in [-0.2, 0) is 6.42 Å². The fourth-order valence-electron chi connectivity index (χ4n) is 1.77. The molecule has 2 rings (SSSR count). The average molecular weight is 290 g/mol. The smallest absolute Gasteiger partial charge is 0.231 e. The van der Waals surface area contributed by atoms with E-state index in [4.69, 9.17) is 0 Å². The topological polar surface area (TPSA) is 66.0 Å². The molecule has 0 amide bonds. The van der Waals surface area contributed by atoms with E-state index in [0.29, 0.717) is 36.4 Å². The fourth-order valence-corrected chi connectivity index (χ4v) is 1.77. The number of benzene rings is 1. The van der Waals surface area contributed by atoms with Crippen molar-refractivity contribution in [3.05, 3.63) is 35.6 Å². The summed E-state index contributed by atoms with van der Waals surface area (Å²) in [7, 11) is 5.47. The Kier molecular flexibility index (Phi) is 4.86. The molecule has 0 aliphatic heterocycles. The van der Waals surface area contributed by atoms with Crippen LogP contribution in [0.1, 0.15) is 5.56 Å². The quantitative estimate of drug-likeness (QED) is 0.845. The predicted octanol–water partition coefficient (Wildman–Crippen LogP) is 1.77. The van der Waals surface area contributed by atoms with Crippen LogP contribution in [0.3, 0.4) is 0 Å². The summed E-state index contributed by atoms with van der Waals surface area (Å²) in [5, 5.41) is 5.99. The monoisotopic (exact) mass is 290 g/mol. The molecular formula is C14H19FN6. The molecule has 1 aromatic carbocycles. The molecule has 0 saturated carbocycles. The van der Waals surface area contributed by atoms with Crippen LogP contribution in [0.2, 0.25) is 0 Å². The van der Waals surface area contributed by atoms with Crippen LogP contribution in [0.5, 0.6) is 0 Å². The van der Waals surface area contributed by atoms with Crippen molar-refractivity contribution in [3.8, 4) is 0 Å². The third kappa shape index (κ3) is 4.01. The molecule has 0 radical (unpaired) electrons. The lowest BCUT2D eigenvalue weighted by Gasteiger charge is -2.13. The molecule has 0 atom stereocenters. The fraction of sp³-hybridized carbons (Fsp3) is 0.357. The van der Waals surface area contributed by atoms with Crippen molar-refractivity contribution in [2.75, 3.05) is 43.2 Å². The first-order valence-corrected chi connectivity index (χ1v) is 6.68. The summed E-state index contributed by atoms with van der Waals surface area (Å²) in [5.74, 6) is 1.32. The van der Waals surface area contributed by atoms with Gasteiger partial charge in [-0.1, -0.05) is 18.2 Å². The van der Waals surface area contributed by atoms with Gasteiger partial charge in [0, 0.05) is 27.7 Å². The van der Waals surface area contributed by atoms with Gasteiger partial charge in [-0.3, -0.25) is 0 Å². The molecule has 112 valence electrons. The van der Waals surface area contributed by atoms with Crippen molar-refractivity contribution in [1.82, 2.24) is 15.0 Å². The molecule has 0 saturated heterocycles. The normalized spacial score (nSPS) is 10.3. The van der Waals surface area contributed by atoms with Crippen molar-refractivity contribution in [1.29, 1.82) is 0 Å². The van der Waals surface area contributed by atoms with Crippen LogP contribution in [0.4, 0.5) is 22.2 Å². The van der Waals surface area contributed by atoms with E-state index >= 15 is 0 Å². The maximum atomic E-state index is 13.5. The number of anilines is 3. The lowest BCUT2D eigenvalue weighted by molar-refractivity contribution is 0.610. The molecule has 0 bridgehead atoms. The van der Waals surface area contributed by atoms with E-state index in [1.165, 1.54) is 6.07 Å². The van der Waals surface area contributed by atoms with Gasteiger partial charge in [0.05, 0.1) is 0 Å². The highest BCUT2D eigenvalue weighted by molar-refractivity contribution is 5.42. The van der Waals surface area contributed by atoms with Gasteiger partial charge in [-0.15, -0.1) is 0 Å². The second-order valence-corrected chi connectivity index (χ2v) is 4.70. The summed E-state index contributed by atoms with van der Waals surface area (Å²) in [6, 6.07) is 6.74. The van der Waals surface area contributed by atoms with E-state index in [1.54, 1.807) is 24.1 Å². The van der Waals surface area contributed by atoms with Gasteiger partial charge in [0.15, 0.2) is 0 Å². The van der Waals surface area contributed by atoms with Crippen LogP contribution in [-0.4, -0.2) is 42.6 Å². The van der Waals surface area contributed by atoms with Crippen molar-refractivity contribution in [3.63, 3.8) is 0 Å². The summed E-state index contributed by atoms with van der Waals surface area (Å²) in [4.78, 5) is 14.5. The predicted molar refractivity (Wildman–Crippen MR) is 82.3 cm³/mol. The number of aromatic nitrogens is 3. The molecule has 0 unspecified atom stereocenters. The molecule has 7 heteroatoms. The lowest BCUT2D eigenvalue weighted by Crippen LogP contribution is -2.17. The molecule has 21 heavy (non-hydrogen) atoms. The zero-order valence-corrected chi connectivity index (χ0v) is 12.4.